The van der Waals surface area contributed by atoms with Crippen molar-refractivity contribution in [2.45, 2.75) is 43.9 Å². The first kappa shape index (κ1) is 20.3. The summed E-state index contributed by atoms with van der Waals surface area (Å²) in [5.74, 6) is 2.71. The van der Waals surface area contributed by atoms with Crippen LogP contribution in [0.15, 0.2) is 35.8 Å². The van der Waals surface area contributed by atoms with Gasteiger partial charge in [0.25, 0.3) is 0 Å². The van der Waals surface area contributed by atoms with Gasteiger partial charge in [-0.2, -0.15) is 0 Å². The maximum absolute atomic E-state index is 11.6. The molecule has 0 atom stereocenters. The van der Waals surface area contributed by atoms with Gasteiger partial charge in [-0.1, -0.05) is 12.1 Å². The van der Waals surface area contributed by atoms with Crippen molar-refractivity contribution in [1.82, 2.24) is 9.38 Å². The van der Waals surface area contributed by atoms with Crippen molar-refractivity contribution in [1.29, 1.82) is 0 Å². The lowest BCUT2D eigenvalue weighted by Crippen LogP contribution is -2.48. The third-order valence-electron chi connectivity index (χ3n) is 7.25. The van der Waals surface area contributed by atoms with Crippen molar-refractivity contribution in [2.75, 3.05) is 11.0 Å². The molecule has 4 bridgehead atoms. The van der Waals surface area contributed by atoms with Crippen LogP contribution in [0, 0.1) is 17.8 Å². The highest BCUT2D eigenvalue weighted by molar-refractivity contribution is 7.92. The molecule has 4 aliphatic carbocycles. The van der Waals surface area contributed by atoms with E-state index in [0.717, 1.165) is 34.0 Å². The number of hydrogen-bond acceptors (Lipinski definition) is 4. The van der Waals surface area contributed by atoms with Gasteiger partial charge in [0.05, 0.1) is 17.6 Å². The van der Waals surface area contributed by atoms with E-state index in [4.69, 9.17) is 4.98 Å². The first-order chi connectivity index (χ1) is 13.9. The fraction of sp³-hybridized carbons (Fsp3) is 0.500. The molecule has 0 aliphatic heterocycles. The molecule has 0 amide bonds. The van der Waals surface area contributed by atoms with Gasteiger partial charge in [-0.15, -0.1) is 23.7 Å². The Morgan fingerprint density at radius 3 is 2.43 bits per heavy atom. The molecule has 0 unspecified atom stereocenters. The molecule has 7 rings (SSSR count). The summed E-state index contributed by atoms with van der Waals surface area (Å²) < 4.78 is 28.0. The molecule has 3 aromatic rings. The van der Waals surface area contributed by atoms with Crippen LogP contribution in [0.4, 0.5) is 5.69 Å². The van der Waals surface area contributed by atoms with Gasteiger partial charge in [0.2, 0.25) is 10.0 Å². The quantitative estimate of drug-likeness (QED) is 0.569. The summed E-state index contributed by atoms with van der Waals surface area (Å²) in [6.45, 7) is 0. The smallest absolute Gasteiger partial charge is 0.229 e. The molecule has 1 N–H and O–H groups in total. The molecule has 160 valence electrons. The van der Waals surface area contributed by atoms with E-state index < -0.39 is 10.0 Å². The summed E-state index contributed by atoms with van der Waals surface area (Å²) in [5.41, 5.74) is 4.24. The van der Waals surface area contributed by atoms with Gasteiger partial charge < -0.3 is 0 Å². The number of hydrogen-bond donors (Lipinski definition) is 1. The van der Waals surface area contributed by atoms with E-state index in [9.17, 15) is 8.42 Å². The number of nitrogens with zero attached hydrogens (tertiary/aromatic N) is 2. The Hall–Kier alpha value is -1.57. The largest absolute Gasteiger partial charge is 0.290 e. The van der Waals surface area contributed by atoms with Crippen molar-refractivity contribution in [3.8, 4) is 11.3 Å². The minimum Gasteiger partial charge on any atom is -0.290 e. The van der Waals surface area contributed by atoms with Gasteiger partial charge >= 0.3 is 0 Å². The Balaban J connectivity index is 0.00000193. The van der Waals surface area contributed by atoms with Crippen LogP contribution in [0.3, 0.4) is 0 Å². The molecule has 0 spiro atoms. The Bertz CT molecular complexity index is 1180. The lowest BCUT2D eigenvalue weighted by atomic mass is 9.49. The van der Waals surface area contributed by atoms with Gasteiger partial charge in [0, 0.05) is 28.2 Å². The van der Waals surface area contributed by atoms with Crippen molar-refractivity contribution in [2.24, 2.45) is 17.8 Å². The molecule has 30 heavy (non-hydrogen) atoms. The predicted molar refractivity (Wildman–Crippen MR) is 124 cm³/mol. The van der Waals surface area contributed by atoms with E-state index >= 15 is 0 Å². The van der Waals surface area contributed by atoms with Crippen LogP contribution in [0.2, 0.25) is 0 Å². The van der Waals surface area contributed by atoms with Gasteiger partial charge in [-0.25, -0.2) is 13.4 Å². The number of halogens is 1. The second kappa shape index (κ2) is 6.97. The molecule has 4 fully saturated rings. The van der Waals surface area contributed by atoms with Crippen LogP contribution >= 0.6 is 23.7 Å². The highest BCUT2D eigenvalue weighted by atomic mass is 35.5. The number of thiazole rings is 1. The normalized spacial score (nSPS) is 29.8. The number of benzene rings is 1. The van der Waals surface area contributed by atoms with Crippen LogP contribution < -0.4 is 4.72 Å². The first-order valence-corrected chi connectivity index (χ1v) is 13.2. The topological polar surface area (TPSA) is 63.5 Å². The average Bonchev–Trinajstić information content (AvgIpc) is 3.20. The Morgan fingerprint density at radius 2 is 1.80 bits per heavy atom. The van der Waals surface area contributed by atoms with Crippen molar-refractivity contribution in [3.05, 3.63) is 41.5 Å². The summed E-state index contributed by atoms with van der Waals surface area (Å²) >= 11 is 1.67. The zero-order chi connectivity index (χ0) is 19.8. The van der Waals surface area contributed by atoms with Crippen LogP contribution in [-0.4, -0.2) is 24.1 Å². The predicted octanol–water partition coefficient (Wildman–Crippen LogP) is 5.32. The molecule has 5 nitrogen and oxygen atoms in total. The average molecular weight is 464 g/mol. The molecule has 8 heteroatoms. The zero-order valence-corrected chi connectivity index (χ0v) is 19.3. The second-order valence-electron chi connectivity index (χ2n) is 9.55. The van der Waals surface area contributed by atoms with E-state index in [1.807, 2.05) is 18.2 Å². The summed E-state index contributed by atoms with van der Waals surface area (Å²) in [7, 11) is -3.29. The van der Waals surface area contributed by atoms with E-state index in [1.54, 1.807) is 17.4 Å². The van der Waals surface area contributed by atoms with Crippen molar-refractivity contribution in [3.63, 3.8) is 0 Å². The monoisotopic (exact) mass is 463 g/mol. The number of nitrogens with one attached hydrogen (secondary N) is 1. The lowest BCUT2D eigenvalue weighted by Gasteiger charge is -2.56. The first-order valence-electron chi connectivity index (χ1n) is 10.4. The molecular formula is C22H26ClN3O2S2. The molecule has 2 aromatic heterocycles. The molecular weight excluding hydrogens is 438 g/mol. The maximum Gasteiger partial charge on any atom is 0.229 e. The number of imidazole rings is 1. The number of rotatable bonds is 4. The molecule has 0 radical (unpaired) electrons. The fourth-order valence-electron chi connectivity index (χ4n) is 6.63. The number of fused-ring (bicyclic) bond motifs is 1. The van der Waals surface area contributed by atoms with Crippen LogP contribution in [0.1, 0.15) is 44.2 Å². The van der Waals surface area contributed by atoms with Gasteiger partial charge in [-0.05, 0) is 68.4 Å². The van der Waals surface area contributed by atoms with Crippen molar-refractivity contribution >= 4 is 44.4 Å². The third-order valence-corrected chi connectivity index (χ3v) is 8.70. The van der Waals surface area contributed by atoms with Crippen LogP contribution in [0.25, 0.3) is 16.2 Å². The van der Waals surface area contributed by atoms with Crippen LogP contribution in [-0.2, 0) is 15.4 Å². The minimum absolute atomic E-state index is 0. The minimum atomic E-state index is -3.29. The fourth-order valence-corrected chi connectivity index (χ4v) is 8.06. The number of aromatic nitrogens is 2. The summed E-state index contributed by atoms with van der Waals surface area (Å²) in [5, 5.41) is 2.12. The SMILES string of the molecule is CS(=O)(=O)Nc1cccc(-c2csc3nc(C45CC6CC(CC(C6)C4)C5)cn23)c1.Cl. The Labute approximate surface area is 187 Å². The van der Waals surface area contributed by atoms with Gasteiger partial charge in [-0.3, -0.25) is 9.12 Å². The molecule has 4 aliphatic rings. The second-order valence-corrected chi connectivity index (χ2v) is 12.1. The van der Waals surface area contributed by atoms with Gasteiger partial charge in [0.1, 0.15) is 0 Å². The van der Waals surface area contributed by atoms with E-state index in [-0.39, 0.29) is 17.8 Å². The maximum atomic E-state index is 11.6. The highest BCUT2D eigenvalue weighted by Gasteiger charge is 2.52. The van der Waals surface area contributed by atoms with E-state index in [2.05, 4.69) is 20.7 Å². The molecule has 4 saturated carbocycles. The van der Waals surface area contributed by atoms with E-state index in [0.29, 0.717) is 5.69 Å². The summed E-state index contributed by atoms with van der Waals surface area (Å²) in [6, 6.07) is 7.60. The van der Waals surface area contributed by atoms with Crippen LogP contribution in [0.5, 0.6) is 0 Å². The standard InChI is InChI=1S/C22H25N3O2S2.ClH/c1-29(26,27)24-18-4-2-3-17(8-18)19-13-28-21-23-20(12-25(19)21)22-9-14-5-15(10-22)7-16(6-14)11-22;/h2-4,8,12-16,24H,5-7,9-11H2,1H3;1H. The van der Waals surface area contributed by atoms with E-state index in [1.165, 1.54) is 50.5 Å². The Morgan fingerprint density at radius 1 is 1.13 bits per heavy atom. The lowest BCUT2D eigenvalue weighted by molar-refractivity contribution is -0.00696. The number of sulfonamides is 1. The van der Waals surface area contributed by atoms with Gasteiger partial charge in [0.15, 0.2) is 4.96 Å². The Kier molecular flexibility index (Phi) is 4.73. The highest BCUT2D eigenvalue weighted by Crippen LogP contribution is 2.60. The summed E-state index contributed by atoms with van der Waals surface area (Å²) in [6.07, 6.45) is 11.7. The van der Waals surface area contributed by atoms with Crippen molar-refractivity contribution < 1.29 is 8.42 Å². The third kappa shape index (κ3) is 3.35. The zero-order valence-electron chi connectivity index (χ0n) is 16.9. The summed E-state index contributed by atoms with van der Waals surface area (Å²) in [4.78, 5) is 6.14. The molecule has 0 saturated heterocycles. The molecule has 2 heterocycles. The molecule has 1 aromatic carbocycles. The number of anilines is 1.